The summed E-state index contributed by atoms with van der Waals surface area (Å²) in [7, 11) is -1.64. The molecule has 1 fully saturated rings. The van der Waals surface area contributed by atoms with Crippen molar-refractivity contribution in [2.24, 2.45) is 0 Å². The predicted molar refractivity (Wildman–Crippen MR) is 99.4 cm³/mol. The molecule has 1 aliphatic heterocycles. The second kappa shape index (κ2) is 7.31. The number of hydrogen-bond acceptors (Lipinski definition) is 6. The van der Waals surface area contributed by atoms with Crippen molar-refractivity contribution in [3.8, 4) is 5.75 Å². The van der Waals surface area contributed by atoms with Crippen molar-refractivity contribution in [1.29, 1.82) is 0 Å². The fourth-order valence-electron chi connectivity index (χ4n) is 3.09. The van der Waals surface area contributed by atoms with Crippen molar-refractivity contribution in [3.63, 3.8) is 0 Å². The molecule has 1 saturated heterocycles. The van der Waals surface area contributed by atoms with Crippen LogP contribution in [-0.2, 0) is 9.84 Å². The molecule has 3 rings (SSSR count). The van der Waals surface area contributed by atoms with Gasteiger partial charge in [-0.1, -0.05) is 0 Å². The minimum atomic E-state index is -3.30. The zero-order valence-electron chi connectivity index (χ0n) is 14.6. The van der Waals surface area contributed by atoms with Crippen LogP contribution < -0.4 is 14.5 Å². The third-order valence-electron chi connectivity index (χ3n) is 4.38. The largest absolute Gasteiger partial charge is 0.497 e. The zero-order valence-corrected chi connectivity index (χ0v) is 15.4. The van der Waals surface area contributed by atoms with Crippen LogP contribution in [0, 0.1) is 0 Å². The Kier molecular flexibility index (Phi) is 5.13. The van der Waals surface area contributed by atoms with Crippen LogP contribution in [0.1, 0.15) is 6.42 Å². The number of sulfone groups is 1. The highest BCUT2D eigenvalue weighted by Gasteiger charge is 2.22. The first-order chi connectivity index (χ1) is 12.0. The fraction of sp³-hybridized carbons (Fsp3) is 0.389. The summed E-state index contributed by atoms with van der Waals surface area (Å²) in [6.45, 7) is 3.24. The number of rotatable bonds is 4. The summed E-state index contributed by atoms with van der Waals surface area (Å²) in [5.74, 6) is 1.40. The third kappa shape index (κ3) is 4.04. The molecule has 1 aliphatic rings. The van der Waals surface area contributed by atoms with E-state index in [2.05, 4.69) is 26.9 Å². The fourth-order valence-corrected chi connectivity index (χ4v) is 3.93. The average molecular weight is 361 g/mol. The molecule has 0 aliphatic carbocycles. The summed E-state index contributed by atoms with van der Waals surface area (Å²) in [5.41, 5.74) is 1.15. The average Bonchev–Trinajstić information content (AvgIpc) is 2.87. The molecule has 2 aromatic rings. The summed E-state index contributed by atoms with van der Waals surface area (Å²) in [6, 6.07) is 11.3. The van der Waals surface area contributed by atoms with E-state index < -0.39 is 9.84 Å². The van der Waals surface area contributed by atoms with Crippen molar-refractivity contribution < 1.29 is 13.2 Å². The number of aromatic nitrogens is 1. The van der Waals surface area contributed by atoms with E-state index in [-0.39, 0.29) is 0 Å². The number of benzene rings is 1. The molecule has 0 amide bonds. The van der Waals surface area contributed by atoms with E-state index in [1.54, 1.807) is 25.4 Å². The normalized spacial score (nSPS) is 15.8. The number of anilines is 2. The Hall–Kier alpha value is -2.28. The van der Waals surface area contributed by atoms with Gasteiger partial charge in [-0.3, -0.25) is 0 Å². The van der Waals surface area contributed by atoms with Crippen molar-refractivity contribution in [1.82, 2.24) is 4.98 Å². The van der Waals surface area contributed by atoms with Gasteiger partial charge in [-0.05, 0) is 42.8 Å². The quantitative estimate of drug-likeness (QED) is 0.832. The summed E-state index contributed by atoms with van der Waals surface area (Å²) >= 11 is 0. The van der Waals surface area contributed by atoms with Gasteiger partial charge >= 0.3 is 0 Å². The number of methoxy groups -OCH3 is 1. The van der Waals surface area contributed by atoms with Crippen molar-refractivity contribution in [2.75, 3.05) is 49.3 Å². The van der Waals surface area contributed by atoms with Gasteiger partial charge in [0.25, 0.3) is 0 Å². The number of hydrogen-bond donors (Lipinski definition) is 0. The molecular weight excluding hydrogens is 338 g/mol. The first kappa shape index (κ1) is 17.5. The smallest absolute Gasteiger partial charge is 0.179 e. The molecule has 1 aromatic carbocycles. The van der Waals surface area contributed by atoms with Crippen LogP contribution in [0.5, 0.6) is 5.75 Å². The van der Waals surface area contributed by atoms with Crippen molar-refractivity contribution in [2.45, 2.75) is 11.3 Å². The highest BCUT2D eigenvalue weighted by Crippen LogP contribution is 2.25. The maximum atomic E-state index is 12.0. The van der Waals surface area contributed by atoms with Crippen LogP contribution >= 0.6 is 0 Å². The summed E-state index contributed by atoms with van der Waals surface area (Å²) in [5, 5.41) is 0. The molecule has 6 nitrogen and oxygen atoms in total. The summed E-state index contributed by atoms with van der Waals surface area (Å²) < 4.78 is 29.3. The van der Waals surface area contributed by atoms with E-state index in [0.717, 1.165) is 44.0 Å². The van der Waals surface area contributed by atoms with Gasteiger partial charge in [-0.15, -0.1) is 0 Å². The molecule has 0 spiro atoms. The molecule has 1 aromatic heterocycles. The summed E-state index contributed by atoms with van der Waals surface area (Å²) in [6.07, 6.45) is 3.82. The lowest BCUT2D eigenvalue weighted by molar-refractivity contribution is 0.415. The molecule has 0 radical (unpaired) electrons. The van der Waals surface area contributed by atoms with Gasteiger partial charge in [0.15, 0.2) is 9.84 Å². The second-order valence-electron chi connectivity index (χ2n) is 6.12. The van der Waals surface area contributed by atoms with E-state index in [4.69, 9.17) is 4.74 Å². The predicted octanol–water partition coefficient (Wildman–Crippen LogP) is 2.21. The van der Waals surface area contributed by atoms with Gasteiger partial charge < -0.3 is 14.5 Å². The number of nitrogens with zero attached hydrogens (tertiary/aromatic N) is 3. The minimum Gasteiger partial charge on any atom is -0.497 e. The second-order valence-corrected chi connectivity index (χ2v) is 8.11. The molecule has 0 saturated carbocycles. The van der Waals surface area contributed by atoms with Gasteiger partial charge in [0.05, 0.1) is 7.11 Å². The van der Waals surface area contributed by atoms with Gasteiger partial charge in [-0.25, -0.2) is 13.4 Å². The Labute approximate surface area is 149 Å². The van der Waals surface area contributed by atoms with Crippen molar-refractivity contribution in [3.05, 3.63) is 42.6 Å². The van der Waals surface area contributed by atoms with Crippen LogP contribution in [0.25, 0.3) is 0 Å². The van der Waals surface area contributed by atoms with Crippen molar-refractivity contribution >= 4 is 21.3 Å². The van der Waals surface area contributed by atoms with Crippen LogP contribution in [0.3, 0.4) is 0 Å². The standard InChI is InChI=1S/C18H23N3O3S/c1-24-16-8-6-15(7-9-16)20-11-4-12-21(14-13-20)18-17(25(2,22)23)5-3-10-19-18/h3,5-10H,4,11-14H2,1-2H3. The van der Waals surface area contributed by atoms with Crippen LogP contribution in [0.2, 0.25) is 0 Å². The van der Waals surface area contributed by atoms with E-state index in [9.17, 15) is 8.42 Å². The van der Waals surface area contributed by atoms with E-state index >= 15 is 0 Å². The molecule has 0 atom stereocenters. The maximum Gasteiger partial charge on any atom is 0.179 e. The third-order valence-corrected chi connectivity index (χ3v) is 5.50. The van der Waals surface area contributed by atoms with Gasteiger partial charge in [0.2, 0.25) is 0 Å². The lowest BCUT2D eigenvalue weighted by atomic mass is 10.2. The van der Waals surface area contributed by atoms with E-state index in [1.807, 2.05) is 12.1 Å². The van der Waals surface area contributed by atoms with E-state index in [0.29, 0.717) is 10.7 Å². The highest BCUT2D eigenvalue weighted by atomic mass is 32.2. The molecule has 2 heterocycles. The number of pyridine rings is 1. The SMILES string of the molecule is COc1ccc(N2CCCN(c3ncccc3S(C)(=O)=O)CC2)cc1. The molecule has 0 unspecified atom stereocenters. The Bertz CT molecular complexity index is 822. The maximum absolute atomic E-state index is 12.0. The zero-order chi connectivity index (χ0) is 17.9. The molecule has 134 valence electrons. The molecule has 25 heavy (non-hydrogen) atoms. The lowest BCUT2D eigenvalue weighted by Crippen LogP contribution is -2.32. The Balaban J connectivity index is 1.78. The first-order valence-corrected chi connectivity index (χ1v) is 10.2. The molecular formula is C18H23N3O3S. The first-order valence-electron chi connectivity index (χ1n) is 8.28. The van der Waals surface area contributed by atoms with E-state index in [1.165, 1.54) is 6.26 Å². The summed E-state index contributed by atoms with van der Waals surface area (Å²) in [4.78, 5) is 9.02. The molecule has 0 bridgehead atoms. The van der Waals surface area contributed by atoms with Crippen LogP contribution in [0.15, 0.2) is 47.5 Å². The van der Waals surface area contributed by atoms with Crippen LogP contribution in [0.4, 0.5) is 11.5 Å². The van der Waals surface area contributed by atoms with Gasteiger partial charge in [-0.2, -0.15) is 0 Å². The van der Waals surface area contributed by atoms with Crippen LogP contribution in [-0.4, -0.2) is 52.9 Å². The number of ether oxygens (including phenoxy) is 1. The molecule has 7 heteroatoms. The van der Waals surface area contributed by atoms with Gasteiger partial charge in [0.1, 0.15) is 16.5 Å². The Morgan fingerprint density at radius 1 is 1.00 bits per heavy atom. The monoisotopic (exact) mass is 361 g/mol. The Morgan fingerprint density at radius 2 is 1.68 bits per heavy atom. The minimum absolute atomic E-state index is 0.299. The lowest BCUT2D eigenvalue weighted by Gasteiger charge is -2.25. The topological polar surface area (TPSA) is 62.7 Å². The highest BCUT2D eigenvalue weighted by molar-refractivity contribution is 7.90. The van der Waals surface area contributed by atoms with Gasteiger partial charge in [0, 0.05) is 44.3 Å². The molecule has 0 N–H and O–H groups in total. The Morgan fingerprint density at radius 3 is 2.36 bits per heavy atom.